The fourth-order valence-electron chi connectivity index (χ4n) is 1.38. The van der Waals surface area contributed by atoms with Gasteiger partial charge in [-0.1, -0.05) is 23.7 Å². The first-order chi connectivity index (χ1) is 7.67. The van der Waals surface area contributed by atoms with Crippen molar-refractivity contribution in [3.05, 3.63) is 47.0 Å². The molecule has 1 atom stereocenters. The minimum absolute atomic E-state index is 0.379. The summed E-state index contributed by atoms with van der Waals surface area (Å²) in [6, 6.07) is 7.79. The highest BCUT2D eigenvalue weighted by molar-refractivity contribution is 6.31. The number of nitrogens with one attached hydrogen (secondary N) is 1. The quantitative estimate of drug-likeness (QED) is 0.794. The number of nitriles is 1. The number of rotatable bonds is 5. The van der Waals surface area contributed by atoms with E-state index < -0.39 is 0 Å². The summed E-state index contributed by atoms with van der Waals surface area (Å²) in [6.45, 7) is 6.50. The topological polar surface area (TPSA) is 35.8 Å². The zero-order valence-corrected chi connectivity index (χ0v) is 10.1. The summed E-state index contributed by atoms with van der Waals surface area (Å²) in [7, 11) is 0. The molecule has 0 saturated carbocycles. The number of halogens is 1. The van der Waals surface area contributed by atoms with E-state index in [9.17, 15) is 0 Å². The molecule has 84 valence electrons. The van der Waals surface area contributed by atoms with Crippen molar-refractivity contribution in [3.63, 3.8) is 0 Å². The molecular formula is C13H15ClN2. The molecule has 1 rings (SSSR count). The lowest BCUT2D eigenvalue weighted by atomic mass is 10.1. The third-order valence-electron chi connectivity index (χ3n) is 2.34. The predicted molar refractivity (Wildman–Crippen MR) is 67.3 cm³/mol. The summed E-state index contributed by atoms with van der Waals surface area (Å²) in [5.74, 6) is 0. The highest BCUT2D eigenvalue weighted by Crippen LogP contribution is 2.17. The molecule has 0 amide bonds. The zero-order chi connectivity index (χ0) is 12.0. The van der Waals surface area contributed by atoms with Gasteiger partial charge in [0.2, 0.25) is 0 Å². The summed E-state index contributed by atoms with van der Waals surface area (Å²) in [5.41, 5.74) is 1.60. The molecular weight excluding hydrogens is 220 g/mol. The van der Waals surface area contributed by atoms with Crippen molar-refractivity contribution < 1.29 is 0 Å². The molecule has 0 bridgehead atoms. The summed E-state index contributed by atoms with van der Waals surface area (Å²) in [4.78, 5) is 0. The van der Waals surface area contributed by atoms with Crippen molar-refractivity contribution in [2.24, 2.45) is 0 Å². The maximum absolute atomic E-state index is 8.71. The molecule has 0 aliphatic carbocycles. The molecule has 0 radical (unpaired) electrons. The van der Waals surface area contributed by atoms with Crippen LogP contribution in [0, 0.1) is 11.3 Å². The Labute approximate surface area is 102 Å². The second kappa shape index (κ2) is 6.32. The fraction of sp³-hybridized carbons (Fsp3) is 0.308. The third-order valence-corrected chi connectivity index (χ3v) is 2.70. The summed E-state index contributed by atoms with van der Waals surface area (Å²) >= 11 is 6.06. The van der Waals surface area contributed by atoms with Gasteiger partial charge in [0.05, 0.1) is 11.6 Å². The normalized spacial score (nSPS) is 11.8. The van der Waals surface area contributed by atoms with Crippen molar-refractivity contribution in [1.29, 1.82) is 5.26 Å². The first-order valence-electron chi connectivity index (χ1n) is 5.20. The van der Waals surface area contributed by atoms with Gasteiger partial charge in [-0.3, -0.25) is 0 Å². The molecule has 0 fully saturated rings. The van der Waals surface area contributed by atoms with Crippen molar-refractivity contribution in [3.8, 4) is 6.07 Å². The van der Waals surface area contributed by atoms with Crippen LogP contribution in [0.15, 0.2) is 30.9 Å². The average molecular weight is 235 g/mol. The van der Waals surface area contributed by atoms with E-state index in [1.165, 1.54) is 0 Å². The van der Waals surface area contributed by atoms with Gasteiger partial charge in [-0.15, -0.1) is 6.58 Å². The van der Waals surface area contributed by atoms with Crippen LogP contribution in [0.3, 0.4) is 0 Å². The molecule has 0 spiro atoms. The lowest BCUT2D eigenvalue weighted by molar-refractivity contribution is 0.554. The van der Waals surface area contributed by atoms with E-state index in [-0.39, 0.29) is 0 Å². The smallest absolute Gasteiger partial charge is 0.0992 e. The van der Waals surface area contributed by atoms with Gasteiger partial charge in [0.1, 0.15) is 0 Å². The number of benzene rings is 1. The van der Waals surface area contributed by atoms with E-state index in [4.69, 9.17) is 16.9 Å². The lowest BCUT2D eigenvalue weighted by Gasteiger charge is -2.12. The Morgan fingerprint density at radius 3 is 2.94 bits per heavy atom. The SMILES string of the molecule is C=CCC(C)NCc1ccc(C#N)cc1Cl. The summed E-state index contributed by atoms with van der Waals surface area (Å²) in [6.07, 6.45) is 2.81. The summed E-state index contributed by atoms with van der Waals surface area (Å²) < 4.78 is 0. The minimum Gasteiger partial charge on any atom is -0.310 e. The molecule has 3 heteroatoms. The fourth-order valence-corrected chi connectivity index (χ4v) is 1.63. The Hall–Kier alpha value is -1.30. The molecule has 0 heterocycles. The van der Waals surface area contributed by atoms with Gasteiger partial charge in [0.15, 0.2) is 0 Å². The maximum Gasteiger partial charge on any atom is 0.0992 e. The van der Waals surface area contributed by atoms with Crippen molar-refractivity contribution >= 4 is 11.6 Å². The van der Waals surface area contributed by atoms with E-state index in [0.717, 1.165) is 12.0 Å². The Bertz CT molecular complexity index is 407. The van der Waals surface area contributed by atoms with E-state index in [1.807, 2.05) is 12.1 Å². The van der Waals surface area contributed by atoms with E-state index in [2.05, 4.69) is 24.9 Å². The highest BCUT2D eigenvalue weighted by Gasteiger charge is 2.03. The van der Waals surface area contributed by atoms with Crippen LogP contribution in [-0.2, 0) is 6.54 Å². The third kappa shape index (κ3) is 3.69. The van der Waals surface area contributed by atoms with Crippen LogP contribution in [0.1, 0.15) is 24.5 Å². The molecule has 1 aromatic rings. The number of nitrogens with zero attached hydrogens (tertiary/aromatic N) is 1. The largest absolute Gasteiger partial charge is 0.310 e. The zero-order valence-electron chi connectivity index (χ0n) is 9.33. The first kappa shape index (κ1) is 12.8. The first-order valence-corrected chi connectivity index (χ1v) is 5.58. The molecule has 1 aromatic carbocycles. The van der Waals surface area contributed by atoms with Crippen molar-refractivity contribution in [2.45, 2.75) is 25.9 Å². The standard InChI is InChI=1S/C13H15ClN2/c1-3-4-10(2)16-9-12-6-5-11(8-15)7-13(12)14/h3,5-7,10,16H,1,4,9H2,2H3. The van der Waals surface area contributed by atoms with Crippen LogP contribution in [0.5, 0.6) is 0 Å². The van der Waals surface area contributed by atoms with Crippen LogP contribution in [0.2, 0.25) is 5.02 Å². The van der Waals surface area contributed by atoms with Crippen molar-refractivity contribution in [1.82, 2.24) is 5.32 Å². The molecule has 0 aliphatic rings. The Morgan fingerprint density at radius 1 is 1.62 bits per heavy atom. The second-order valence-electron chi connectivity index (χ2n) is 3.72. The molecule has 0 aliphatic heterocycles. The van der Waals surface area contributed by atoms with Gasteiger partial charge in [-0.2, -0.15) is 5.26 Å². The van der Waals surface area contributed by atoms with E-state index in [0.29, 0.717) is 23.2 Å². The predicted octanol–water partition coefficient (Wildman–Crippen LogP) is 3.27. The van der Waals surface area contributed by atoms with E-state index >= 15 is 0 Å². The second-order valence-corrected chi connectivity index (χ2v) is 4.13. The molecule has 2 nitrogen and oxygen atoms in total. The summed E-state index contributed by atoms with van der Waals surface area (Å²) in [5, 5.41) is 12.7. The van der Waals surface area contributed by atoms with Crippen LogP contribution in [0.4, 0.5) is 0 Å². The van der Waals surface area contributed by atoms with Gasteiger partial charge < -0.3 is 5.32 Å². The molecule has 0 aromatic heterocycles. The van der Waals surface area contributed by atoms with Crippen LogP contribution in [-0.4, -0.2) is 6.04 Å². The van der Waals surface area contributed by atoms with Gasteiger partial charge in [-0.05, 0) is 31.0 Å². The van der Waals surface area contributed by atoms with Crippen molar-refractivity contribution in [2.75, 3.05) is 0 Å². The molecule has 1 N–H and O–H groups in total. The van der Waals surface area contributed by atoms with E-state index in [1.54, 1.807) is 12.1 Å². The number of hydrogen-bond donors (Lipinski definition) is 1. The number of hydrogen-bond acceptors (Lipinski definition) is 2. The van der Waals surface area contributed by atoms with Gasteiger partial charge in [0.25, 0.3) is 0 Å². The molecule has 0 saturated heterocycles. The van der Waals surface area contributed by atoms with Gasteiger partial charge in [-0.25, -0.2) is 0 Å². The minimum atomic E-state index is 0.379. The van der Waals surface area contributed by atoms with Gasteiger partial charge in [0, 0.05) is 17.6 Å². The average Bonchev–Trinajstić information content (AvgIpc) is 2.27. The maximum atomic E-state index is 8.71. The highest BCUT2D eigenvalue weighted by atomic mass is 35.5. The van der Waals surface area contributed by atoms with Crippen LogP contribution < -0.4 is 5.32 Å². The van der Waals surface area contributed by atoms with Crippen LogP contribution in [0.25, 0.3) is 0 Å². The Kier molecular flexibility index (Phi) is 5.04. The lowest BCUT2D eigenvalue weighted by Crippen LogP contribution is -2.24. The molecule has 16 heavy (non-hydrogen) atoms. The van der Waals surface area contributed by atoms with Crippen LogP contribution >= 0.6 is 11.6 Å². The Morgan fingerprint density at radius 2 is 2.38 bits per heavy atom. The van der Waals surface area contributed by atoms with Gasteiger partial charge >= 0.3 is 0 Å². The molecule has 1 unspecified atom stereocenters. The monoisotopic (exact) mass is 234 g/mol. The Balaban J connectivity index is 2.61.